The Morgan fingerprint density at radius 1 is 0.870 bits per heavy atom. The van der Waals surface area contributed by atoms with E-state index in [1.807, 2.05) is 81.4 Å². The lowest BCUT2D eigenvalue weighted by Crippen LogP contribution is -2.41. The third-order valence-corrected chi connectivity index (χ3v) is 4.03. The van der Waals surface area contributed by atoms with Crippen LogP contribution in [0.25, 0.3) is 0 Å². The highest BCUT2D eigenvalue weighted by Gasteiger charge is 2.44. The van der Waals surface area contributed by atoms with Crippen LogP contribution in [0.4, 0.5) is 0 Å². The molecule has 0 bridgehead atoms. The predicted octanol–water partition coefficient (Wildman–Crippen LogP) is 4.60. The molecule has 0 spiro atoms. The standard InChI is InChI=1S/C21H23NO/c1-20(2,3)19(23)21(16-22,14-17-10-6-4-7-11-17)15-18-12-8-5-9-13-18/h4-13H,14-15H2,1-3H3. The Morgan fingerprint density at radius 3 is 1.57 bits per heavy atom. The van der Waals surface area contributed by atoms with Gasteiger partial charge in [-0.1, -0.05) is 81.4 Å². The van der Waals surface area contributed by atoms with Gasteiger partial charge in [0.1, 0.15) is 5.41 Å². The van der Waals surface area contributed by atoms with E-state index < -0.39 is 10.8 Å². The molecule has 0 unspecified atom stereocenters. The lowest BCUT2D eigenvalue weighted by molar-refractivity contribution is -0.133. The van der Waals surface area contributed by atoms with Gasteiger partial charge < -0.3 is 0 Å². The SMILES string of the molecule is CC(C)(C)C(=O)C(C#N)(Cc1ccccc1)Cc1ccccc1. The number of hydrogen-bond acceptors (Lipinski definition) is 2. The van der Waals surface area contributed by atoms with Gasteiger partial charge in [-0.25, -0.2) is 0 Å². The maximum Gasteiger partial charge on any atom is 0.159 e. The molecule has 0 saturated heterocycles. The second kappa shape index (κ2) is 6.79. The van der Waals surface area contributed by atoms with E-state index in [4.69, 9.17) is 0 Å². The van der Waals surface area contributed by atoms with Crippen LogP contribution >= 0.6 is 0 Å². The summed E-state index contributed by atoms with van der Waals surface area (Å²) in [6.45, 7) is 5.66. The third-order valence-electron chi connectivity index (χ3n) is 4.03. The third kappa shape index (κ3) is 4.07. The summed E-state index contributed by atoms with van der Waals surface area (Å²) in [5.41, 5.74) is 0.436. The quantitative estimate of drug-likeness (QED) is 0.810. The molecule has 0 aromatic heterocycles. The normalized spacial score (nSPS) is 11.7. The van der Waals surface area contributed by atoms with Crippen LogP contribution in [0.1, 0.15) is 31.9 Å². The summed E-state index contributed by atoms with van der Waals surface area (Å²) >= 11 is 0. The van der Waals surface area contributed by atoms with Gasteiger partial charge in [-0.05, 0) is 24.0 Å². The zero-order valence-corrected chi connectivity index (χ0v) is 14.0. The van der Waals surface area contributed by atoms with E-state index in [0.717, 1.165) is 11.1 Å². The molecule has 0 radical (unpaired) electrons. The minimum Gasteiger partial charge on any atom is -0.297 e. The summed E-state index contributed by atoms with van der Waals surface area (Å²) in [5.74, 6) is 0.000191. The Balaban J connectivity index is 2.44. The van der Waals surface area contributed by atoms with E-state index in [1.54, 1.807) is 0 Å². The topological polar surface area (TPSA) is 40.9 Å². The minimum atomic E-state index is -1.04. The van der Waals surface area contributed by atoms with E-state index in [0.29, 0.717) is 12.8 Å². The summed E-state index contributed by atoms with van der Waals surface area (Å²) in [5, 5.41) is 9.96. The van der Waals surface area contributed by atoms with Crippen molar-refractivity contribution in [2.75, 3.05) is 0 Å². The molecule has 0 N–H and O–H groups in total. The lowest BCUT2D eigenvalue weighted by atomic mass is 9.67. The van der Waals surface area contributed by atoms with Crippen molar-refractivity contribution in [1.82, 2.24) is 0 Å². The van der Waals surface area contributed by atoms with E-state index in [2.05, 4.69) is 6.07 Å². The molecule has 2 aromatic rings. The summed E-state index contributed by atoms with van der Waals surface area (Å²) in [6.07, 6.45) is 0.880. The molecule has 0 aliphatic heterocycles. The second-order valence-corrected chi connectivity index (χ2v) is 7.10. The largest absolute Gasteiger partial charge is 0.297 e. The molecule has 0 heterocycles. The van der Waals surface area contributed by atoms with Gasteiger partial charge in [0, 0.05) is 5.41 Å². The van der Waals surface area contributed by atoms with Gasteiger partial charge in [0.2, 0.25) is 0 Å². The maximum absolute atomic E-state index is 13.1. The van der Waals surface area contributed by atoms with Crippen molar-refractivity contribution >= 4 is 5.78 Å². The van der Waals surface area contributed by atoms with Crippen molar-refractivity contribution in [1.29, 1.82) is 5.26 Å². The predicted molar refractivity (Wildman–Crippen MR) is 92.8 cm³/mol. The van der Waals surface area contributed by atoms with Crippen molar-refractivity contribution in [3.8, 4) is 6.07 Å². The van der Waals surface area contributed by atoms with E-state index in [-0.39, 0.29) is 5.78 Å². The number of benzene rings is 2. The van der Waals surface area contributed by atoms with E-state index >= 15 is 0 Å². The Bertz CT molecular complexity index is 649. The van der Waals surface area contributed by atoms with Crippen molar-refractivity contribution < 1.29 is 4.79 Å². The van der Waals surface area contributed by atoms with Crippen LogP contribution in [0.3, 0.4) is 0 Å². The zero-order chi connectivity index (χ0) is 16.9. The Hall–Kier alpha value is -2.40. The van der Waals surface area contributed by atoms with Crippen molar-refractivity contribution in [3.05, 3.63) is 71.8 Å². The van der Waals surface area contributed by atoms with Crippen LogP contribution in [0.2, 0.25) is 0 Å². The summed E-state index contributed by atoms with van der Waals surface area (Å²) < 4.78 is 0. The average molecular weight is 305 g/mol. The second-order valence-electron chi connectivity index (χ2n) is 7.10. The smallest absolute Gasteiger partial charge is 0.159 e. The first kappa shape index (κ1) is 17.0. The van der Waals surface area contributed by atoms with Crippen LogP contribution in [0, 0.1) is 22.2 Å². The Morgan fingerprint density at radius 2 is 1.26 bits per heavy atom. The van der Waals surface area contributed by atoms with Gasteiger partial charge in [-0.3, -0.25) is 4.79 Å². The minimum absolute atomic E-state index is 0.000191. The molecule has 2 aromatic carbocycles. The number of rotatable bonds is 5. The molecule has 0 saturated carbocycles. The molecule has 0 aliphatic rings. The summed E-state index contributed by atoms with van der Waals surface area (Å²) in [4.78, 5) is 13.1. The first-order valence-corrected chi connectivity index (χ1v) is 7.91. The fraction of sp³-hybridized carbons (Fsp3) is 0.333. The van der Waals surface area contributed by atoms with Crippen molar-refractivity contribution in [2.24, 2.45) is 10.8 Å². The number of nitriles is 1. The van der Waals surface area contributed by atoms with Crippen LogP contribution < -0.4 is 0 Å². The van der Waals surface area contributed by atoms with Gasteiger partial charge in [-0.2, -0.15) is 5.26 Å². The first-order valence-electron chi connectivity index (χ1n) is 7.91. The number of nitrogens with zero attached hydrogens (tertiary/aromatic N) is 1. The molecule has 23 heavy (non-hydrogen) atoms. The van der Waals surface area contributed by atoms with Gasteiger partial charge >= 0.3 is 0 Å². The Labute approximate surface area is 138 Å². The fourth-order valence-electron chi connectivity index (χ4n) is 2.96. The monoisotopic (exact) mass is 305 g/mol. The molecular formula is C21H23NO. The lowest BCUT2D eigenvalue weighted by Gasteiger charge is -2.32. The number of carbonyl (C=O) groups is 1. The molecule has 2 rings (SSSR count). The summed E-state index contributed by atoms with van der Waals surface area (Å²) in [6, 6.07) is 22.0. The highest BCUT2D eigenvalue weighted by Crippen LogP contribution is 2.35. The molecule has 0 amide bonds. The number of ketones is 1. The molecule has 2 heteroatoms. The number of carbonyl (C=O) groups excluding carboxylic acids is 1. The van der Waals surface area contributed by atoms with E-state index in [9.17, 15) is 10.1 Å². The van der Waals surface area contributed by atoms with E-state index in [1.165, 1.54) is 0 Å². The van der Waals surface area contributed by atoms with Gasteiger partial charge in [-0.15, -0.1) is 0 Å². The molecular weight excluding hydrogens is 282 g/mol. The Kier molecular flexibility index (Phi) is 5.01. The van der Waals surface area contributed by atoms with Gasteiger partial charge in [0.25, 0.3) is 0 Å². The van der Waals surface area contributed by atoms with Crippen LogP contribution in [0.15, 0.2) is 60.7 Å². The maximum atomic E-state index is 13.1. The average Bonchev–Trinajstić information content (AvgIpc) is 2.54. The highest BCUT2D eigenvalue weighted by molar-refractivity contribution is 5.92. The highest BCUT2D eigenvalue weighted by atomic mass is 16.1. The summed E-state index contributed by atoms with van der Waals surface area (Å²) in [7, 11) is 0. The molecule has 0 atom stereocenters. The molecule has 2 nitrogen and oxygen atoms in total. The molecule has 0 fully saturated rings. The number of Topliss-reactive ketones (excluding diaryl/α,β-unsaturated/α-hetero) is 1. The fourth-order valence-corrected chi connectivity index (χ4v) is 2.96. The van der Waals surface area contributed by atoms with Crippen LogP contribution in [0.5, 0.6) is 0 Å². The zero-order valence-electron chi connectivity index (χ0n) is 14.0. The molecule has 0 aliphatic carbocycles. The van der Waals surface area contributed by atoms with Crippen molar-refractivity contribution in [2.45, 2.75) is 33.6 Å². The van der Waals surface area contributed by atoms with Crippen LogP contribution in [-0.4, -0.2) is 5.78 Å². The number of hydrogen-bond donors (Lipinski definition) is 0. The molecule has 118 valence electrons. The van der Waals surface area contributed by atoms with Gasteiger partial charge in [0.05, 0.1) is 6.07 Å². The van der Waals surface area contributed by atoms with Crippen LogP contribution in [-0.2, 0) is 17.6 Å². The van der Waals surface area contributed by atoms with Crippen molar-refractivity contribution in [3.63, 3.8) is 0 Å². The first-order chi connectivity index (χ1) is 10.9. The van der Waals surface area contributed by atoms with Gasteiger partial charge in [0.15, 0.2) is 5.78 Å².